The molecule has 0 radical (unpaired) electrons. The zero-order valence-electron chi connectivity index (χ0n) is 10.7. The number of aryl methyl sites for hydroxylation is 1. The second-order valence-corrected chi connectivity index (χ2v) is 4.90. The molecule has 0 spiro atoms. The first-order valence-corrected chi connectivity index (χ1v) is 6.06. The zero-order chi connectivity index (χ0) is 13.2. The quantitative estimate of drug-likeness (QED) is 0.829. The van der Waals surface area contributed by atoms with Crippen LogP contribution in [0.3, 0.4) is 0 Å². The van der Waals surface area contributed by atoms with Crippen molar-refractivity contribution < 1.29 is 9.59 Å². The van der Waals surface area contributed by atoms with E-state index in [4.69, 9.17) is 0 Å². The standard InChI is InChI=1S/C11H17N3O2S/c1-6-9(8(3)15)10(17-13-6)12-7(2)11(16)14(4)5/h7,12H,1-5H3. The van der Waals surface area contributed by atoms with E-state index in [9.17, 15) is 9.59 Å². The van der Waals surface area contributed by atoms with Crippen LogP contribution >= 0.6 is 11.5 Å². The Bertz CT molecular complexity index is 440. The molecule has 1 atom stereocenters. The van der Waals surface area contributed by atoms with Crippen LogP contribution in [0.15, 0.2) is 0 Å². The predicted molar refractivity (Wildman–Crippen MR) is 68.6 cm³/mol. The number of carbonyl (C=O) groups excluding carboxylic acids is 2. The number of hydrogen-bond acceptors (Lipinski definition) is 5. The summed E-state index contributed by atoms with van der Waals surface area (Å²) in [6.07, 6.45) is 0. The van der Waals surface area contributed by atoms with Gasteiger partial charge in [0.25, 0.3) is 0 Å². The third-order valence-electron chi connectivity index (χ3n) is 2.37. The monoisotopic (exact) mass is 255 g/mol. The Morgan fingerprint density at radius 3 is 2.47 bits per heavy atom. The molecule has 1 unspecified atom stereocenters. The van der Waals surface area contributed by atoms with E-state index in [0.29, 0.717) is 16.3 Å². The molecule has 0 aliphatic rings. The maximum atomic E-state index is 11.7. The van der Waals surface area contributed by atoms with Gasteiger partial charge in [0.15, 0.2) is 5.78 Å². The van der Waals surface area contributed by atoms with E-state index in [2.05, 4.69) is 9.69 Å². The number of nitrogens with zero attached hydrogens (tertiary/aromatic N) is 2. The van der Waals surface area contributed by atoms with Crippen LogP contribution in [-0.2, 0) is 4.79 Å². The first-order valence-electron chi connectivity index (χ1n) is 5.29. The lowest BCUT2D eigenvalue weighted by Crippen LogP contribution is -2.36. The van der Waals surface area contributed by atoms with Crippen molar-refractivity contribution in [3.8, 4) is 0 Å². The first kappa shape index (κ1) is 13.6. The molecule has 0 fully saturated rings. The topological polar surface area (TPSA) is 62.3 Å². The molecule has 1 aromatic heterocycles. The van der Waals surface area contributed by atoms with Gasteiger partial charge in [0.05, 0.1) is 11.3 Å². The van der Waals surface area contributed by atoms with Gasteiger partial charge in [-0.1, -0.05) is 0 Å². The number of rotatable bonds is 4. The Kier molecular flexibility index (Phi) is 4.22. The summed E-state index contributed by atoms with van der Waals surface area (Å²) in [6.45, 7) is 5.05. The molecule has 6 heteroatoms. The largest absolute Gasteiger partial charge is 0.364 e. The summed E-state index contributed by atoms with van der Waals surface area (Å²) in [5, 5.41) is 3.70. The Morgan fingerprint density at radius 2 is 2.00 bits per heavy atom. The van der Waals surface area contributed by atoms with E-state index in [1.807, 2.05) is 0 Å². The van der Waals surface area contributed by atoms with Gasteiger partial charge in [0.1, 0.15) is 11.0 Å². The smallest absolute Gasteiger partial charge is 0.244 e. The Hall–Kier alpha value is -1.43. The number of hydrogen-bond donors (Lipinski definition) is 1. The highest BCUT2D eigenvalue weighted by Crippen LogP contribution is 2.25. The lowest BCUT2D eigenvalue weighted by Gasteiger charge is -2.18. The summed E-state index contributed by atoms with van der Waals surface area (Å²) in [7, 11) is 3.40. The van der Waals surface area contributed by atoms with Crippen LogP contribution in [-0.4, -0.2) is 41.1 Å². The van der Waals surface area contributed by atoms with Crippen molar-refractivity contribution in [2.45, 2.75) is 26.8 Å². The summed E-state index contributed by atoms with van der Waals surface area (Å²) in [5.41, 5.74) is 1.28. The van der Waals surface area contributed by atoms with Crippen molar-refractivity contribution >= 4 is 28.2 Å². The zero-order valence-corrected chi connectivity index (χ0v) is 11.5. The Morgan fingerprint density at radius 1 is 1.41 bits per heavy atom. The van der Waals surface area contributed by atoms with Crippen LogP contribution in [0, 0.1) is 6.92 Å². The lowest BCUT2D eigenvalue weighted by molar-refractivity contribution is -0.129. The molecule has 5 nitrogen and oxygen atoms in total. The molecule has 17 heavy (non-hydrogen) atoms. The van der Waals surface area contributed by atoms with Gasteiger partial charge in [0, 0.05) is 14.1 Å². The molecule has 1 N–H and O–H groups in total. The van der Waals surface area contributed by atoms with Gasteiger partial charge < -0.3 is 10.2 Å². The molecule has 1 rings (SSSR count). The molecule has 1 aromatic rings. The van der Waals surface area contributed by atoms with Crippen LogP contribution in [0.1, 0.15) is 29.9 Å². The normalized spacial score (nSPS) is 12.1. The minimum Gasteiger partial charge on any atom is -0.364 e. The minimum atomic E-state index is -0.372. The minimum absolute atomic E-state index is 0.0365. The molecule has 0 aliphatic carbocycles. The number of amides is 1. The average Bonchev–Trinajstić information content (AvgIpc) is 2.58. The van der Waals surface area contributed by atoms with Crippen LogP contribution in [0.4, 0.5) is 5.00 Å². The fourth-order valence-electron chi connectivity index (χ4n) is 1.53. The Labute approximate surface area is 105 Å². The van der Waals surface area contributed by atoms with Crippen LogP contribution in [0.25, 0.3) is 0 Å². The highest BCUT2D eigenvalue weighted by molar-refractivity contribution is 7.10. The fraction of sp³-hybridized carbons (Fsp3) is 0.545. The van der Waals surface area contributed by atoms with Gasteiger partial charge in [-0.2, -0.15) is 4.37 Å². The maximum absolute atomic E-state index is 11.7. The van der Waals surface area contributed by atoms with Gasteiger partial charge in [-0.3, -0.25) is 9.59 Å². The van der Waals surface area contributed by atoms with Gasteiger partial charge >= 0.3 is 0 Å². The van der Waals surface area contributed by atoms with E-state index in [1.54, 1.807) is 27.9 Å². The maximum Gasteiger partial charge on any atom is 0.244 e. The van der Waals surface area contributed by atoms with Crippen LogP contribution in [0.2, 0.25) is 0 Å². The molecule has 0 saturated carbocycles. The number of Topliss-reactive ketones (excluding diaryl/α,β-unsaturated/α-hetero) is 1. The van der Waals surface area contributed by atoms with Gasteiger partial charge in [0.2, 0.25) is 5.91 Å². The molecular formula is C11H17N3O2S. The lowest BCUT2D eigenvalue weighted by atomic mass is 10.2. The summed E-state index contributed by atoms with van der Waals surface area (Å²) >= 11 is 1.21. The number of nitrogens with one attached hydrogen (secondary N) is 1. The molecule has 0 saturated heterocycles. The van der Waals surface area contributed by atoms with E-state index >= 15 is 0 Å². The summed E-state index contributed by atoms with van der Waals surface area (Å²) in [6, 6.07) is -0.372. The second-order valence-electron chi connectivity index (χ2n) is 4.13. The summed E-state index contributed by atoms with van der Waals surface area (Å²) in [5.74, 6) is -0.0752. The summed E-state index contributed by atoms with van der Waals surface area (Å²) in [4.78, 5) is 24.7. The van der Waals surface area contributed by atoms with Crippen molar-refractivity contribution in [3.63, 3.8) is 0 Å². The predicted octanol–water partition coefficient (Wildman–Crippen LogP) is 1.54. The third kappa shape index (κ3) is 3.03. The molecule has 0 bridgehead atoms. The summed E-state index contributed by atoms with van der Waals surface area (Å²) < 4.78 is 4.13. The van der Waals surface area contributed by atoms with E-state index in [0.717, 1.165) is 0 Å². The van der Waals surface area contributed by atoms with E-state index in [-0.39, 0.29) is 17.7 Å². The molecule has 1 heterocycles. The number of ketones is 1. The molecule has 0 aromatic carbocycles. The van der Waals surface area contributed by atoms with Crippen molar-refractivity contribution in [1.82, 2.24) is 9.27 Å². The SMILES string of the molecule is CC(=O)c1c(C)nsc1NC(C)C(=O)N(C)C. The second kappa shape index (κ2) is 5.27. The van der Waals surface area contributed by atoms with E-state index in [1.165, 1.54) is 23.4 Å². The average molecular weight is 255 g/mol. The molecule has 94 valence electrons. The molecule has 1 amide bonds. The number of anilines is 1. The first-order chi connectivity index (χ1) is 7.84. The van der Waals surface area contributed by atoms with Crippen molar-refractivity contribution in [2.75, 3.05) is 19.4 Å². The molecule has 0 aliphatic heterocycles. The number of carbonyl (C=O) groups is 2. The van der Waals surface area contributed by atoms with Crippen LogP contribution in [0.5, 0.6) is 0 Å². The number of aromatic nitrogens is 1. The number of likely N-dealkylation sites (N-methyl/N-ethyl adjacent to an activating group) is 1. The van der Waals surface area contributed by atoms with E-state index < -0.39 is 0 Å². The van der Waals surface area contributed by atoms with Gasteiger partial charge in [-0.05, 0) is 32.3 Å². The molecular weight excluding hydrogens is 238 g/mol. The fourth-order valence-corrected chi connectivity index (χ4v) is 2.46. The van der Waals surface area contributed by atoms with Crippen LogP contribution < -0.4 is 5.32 Å². The van der Waals surface area contributed by atoms with Crippen molar-refractivity contribution in [3.05, 3.63) is 11.3 Å². The Balaban J connectivity index is 2.89. The third-order valence-corrected chi connectivity index (χ3v) is 3.24. The van der Waals surface area contributed by atoms with Crippen molar-refractivity contribution in [1.29, 1.82) is 0 Å². The van der Waals surface area contributed by atoms with Gasteiger partial charge in [-0.15, -0.1) is 0 Å². The van der Waals surface area contributed by atoms with Crippen molar-refractivity contribution in [2.24, 2.45) is 0 Å². The highest BCUT2D eigenvalue weighted by Gasteiger charge is 2.20. The van der Waals surface area contributed by atoms with Gasteiger partial charge in [-0.25, -0.2) is 0 Å². The highest BCUT2D eigenvalue weighted by atomic mass is 32.1.